The molecule has 2 saturated heterocycles. The molecule has 0 aliphatic carbocycles. The van der Waals surface area contributed by atoms with Crippen LogP contribution in [-0.2, 0) is 18.3 Å². The molecule has 5 nitrogen and oxygen atoms in total. The summed E-state index contributed by atoms with van der Waals surface area (Å²) in [6, 6.07) is 1.35. The first-order valence-electron chi connectivity index (χ1n) is 8.19. The molecule has 1 aromatic heterocycles. The van der Waals surface area contributed by atoms with Gasteiger partial charge >= 0.3 is 0 Å². The largest absolute Gasteiger partial charge is 0.356 e. The van der Waals surface area contributed by atoms with Crippen LogP contribution in [0.5, 0.6) is 0 Å². The number of nitrogens with zero attached hydrogens (tertiary/aromatic N) is 2. The van der Waals surface area contributed by atoms with Gasteiger partial charge in [0.1, 0.15) is 0 Å². The van der Waals surface area contributed by atoms with E-state index in [2.05, 4.69) is 15.7 Å². The van der Waals surface area contributed by atoms with Crippen molar-refractivity contribution in [2.24, 2.45) is 13.0 Å². The first-order valence-corrected chi connectivity index (χ1v) is 8.19. The number of piperidine rings is 1. The summed E-state index contributed by atoms with van der Waals surface area (Å²) in [6.45, 7) is 0.769. The number of hydrogen-bond acceptors (Lipinski definition) is 3. The SMILES string of the molecule is Cn1cc(CCCNC(=O)CC2CC3CCC(C2)N3)cn1. The topological polar surface area (TPSA) is 59.0 Å². The molecule has 0 spiro atoms. The molecule has 2 fully saturated rings. The first kappa shape index (κ1) is 14.6. The van der Waals surface area contributed by atoms with E-state index in [0.717, 1.165) is 19.4 Å². The highest BCUT2D eigenvalue weighted by molar-refractivity contribution is 5.76. The molecule has 0 aromatic carbocycles. The van der Waals surface area contributed by atoms with Crippen molar-refractivity contribution in [3.8, 4) is 0 Å². The Morgan fingerprint density at radius 2 is 2.19 bits per heavy atom. The summed E-state index contributed by atoms with van der Waals surface area (Å²) < 4.78 is 1.82. The Morgan fingerprint density at radius 3 is 2.86 bits per heavy atom. The van der Waals surface area contributed by atoms with Crippen molar-refractivity contribution in [1.29, 1.82) is 0 Å². The average molecular weight is 290 g/mol. The van der Waals surface area contributed by atoms with Crippen LogP contribution in [0.2, 0.25) is 0 Å². The smallest absolute Gasteiger partial charge is 0.220 e. The summed E-state index contributed by atoms with van der Waals surface area (Å²) >= 11 is 0. The van der Waals surface area contributed by atoms with E-state index in [1.165, 1.54) is 31.2 Å². The van der Waals surface area contributed by atoms with Gasteiger partial charge in [0, 0.05) is 38.3 Å². The third-order valence-electron chi connectivity index (χ3n) is 4.77. The molecule has 0 saturated carbocycles. The molecule has 2 bridgehead atoms. The zero-order chi connectivity index (χ0) is 14.7. The molecule has 2 atom stereocenters. The van der Waals surface area contributed by atoms with Crippen LogP contribution in [0.3, 0.4) is 0 Å². The van der Waals surface area contributed by atoms with E-state index in [9.17, 15) is 4.79 Å². The number of rotatable bonds is 6. The van der Waals surface area contributed by atoms with Crippen LogP contribution >= 0.6 is 0 Å². The van der Waals surface area contributed by atoms with Crippen molar-refractivity contribution < 1.29 is 4.79 Å². The normalized spacial score (nSPS) is 27.8. The van der Waals surface area contributed by atoms with E-state index in [1.807, 2.05) is 24.1 Å². The van der Waals surface area contributed by atoms with Gasteiger partial charge in [-0.3, -0.25) is 9.48 Å². The van der Waals surface area contributed by atoms with Gasteiger partial charge in [-0.2, -0.15) is 5.10 Å². The van der Waals surface area contributed by atoms with Gasteiger partial charge in [-0.1, -0.05) is 0 Å². The van der Waals surface area contributed by atoms with Crippen molar-refractivity contribution in [2.45, 2.75) is 57.0 Å². The van der Waals surface area contributed by atoms with Crippen molar-refractivity contribution in [1.82, 2.24) is 20.4 Å². The van der Waals surface area contributed by atoms with Crippen LogP contribution in [0, 0.1) is 5.92 Å². The number of carbonyl (C=O) groups excluding carboxylic acids is 1. The van der Waals surface area contributed by atoms with E-state index in [-0.39, 0.29) is 5.91 Å². The lowest BCUT2D eigenvalue weighted by Crippen LogP contribution is -2.39. The molecule has 0 radical (unpaired) electrons. The predicted molar refractivity (Wildman–Crippen MR) is 81.8 cm³/mol. The molecule has 3 rings (SSSR count). The molecule has 2 aliphatic heterocycles. The molecule has 2 unspecified atom stereocenters. The Hall–Kier alpha value is -1.36. The summed E-state index contributed by atoms with van der Waals surface area (Å²) in [6.07, 6.45) is 11.6. The lowest BCUT2D eigenvalue weighted by Gasteiger charge is -2.28. The van der Waals surface area contributed by atoms with Gasteiger partial charge in [-0.05, 0) is 50.0 Å². The quantitative estimate of drug-likeness (QED) is 0.778. The average Bonchev–Trinajstić information content (AvgIpc) is 3.01. The Bertz CT molecular complexity index is 472. The van der Waals surface area contributed by atoms with Crippen molar-refractivity contribution in [3.05, 3.63) is 18.0 Å². The minimum atomic E-state index is 0.229. The van der Waals surface area contributed by atoms with Crippen LogP contribution < -0.4 is 10.6 Å². The summed E-state index contributed by atoms with van der Waals surface area (Å²) in [5.41, 5.74) is 1.24. The van der Waals surface area contributed by atoms with Gasteiger partial charge < -0.3 is 10.6 Å². The highest BCUT2D eigenvalue weighted by Crippen LogP contribution is 2.32. The molecule has 1 amide bonds. The molecule has 2 N–H and O–H groups in total. The van der Waals surface area contributed by atoms with E-state index < -0.39 is 0 Å². The van der Waals surface area contributed by atoms with Gasteiger partial charge in [0.25, 0.3) is 0 Å². The maximum absolute atomic E-state index is 12.0. The zero-order valence-corrected chi connectivity index (χ0v) is 12.8. The van der Waals surface area contributed by atoms with Crippen molar-refractivity contribution in [3.63, 3.8) is 0 Å². The van der Waals surface area contributed by atoms with Crippen LogP contribution in [-0.4, -0.2) is 34.3 Å². The first-order chi connectivity index (χ1) is 10.2. The third kappa shape index (κ3) is 4.06. The Balaban J connectivity index is 1.31. The van der Waals surface area contributed by atoms with Crippen LogP contribution in [0.15, 0.2) is 12.4 Å². The van der Waals surface area contributed by atoms with E-state index in [1.54, 1.807) is 0 Å². The fraction of sp³-hybridized carbons (Fsp3) is 0.750. The number of nitrogens with one attached hydrogen (secondary N) is 2. The molecular weight excluding hydrogens is 264 g/mol. The van der Waals surface area contributed by atoms with Crippen LogP contribution in [0.25, 0.3) is 0 Å². The van der Waals surface area contributed by atoms with Crippen LogP contribution in [0.4, 0.5) is 0 Å². The van der Waals surface area contributed by atoms with E-state index in [4.69, 9.17) is 0 Å². The molecule has 3 heterocycles. The number of amides is 1. The van der Waals surface area contributed by atoms with Gasteiger partial charge in [0.05, 0.1) is 6.20 Å². The summed E-state index contributed by atoms with van der Waals surface area (Å²) in [5.74, 6) is 0.814. The molecular formula is C16H26N4O. The Kier molecular flexibility index (Phi) is 4.58. The maximum atomic E-state index is 12.0. The monoisotopic (exact) mass is 290 g/mol. The Morgan fingerprint density at radius 1 is 1.43 bits per heavy atom. The minimum absolute atomic E-state index is 0.229. The fourth-order valence-electron chi connectivity index (χ4n) is 3.80. The number of hydrogen-bond donors (Lipinski definition) is 2. The van der Waals surface area contributed by atoms with Crippen LogP contribution in [0.1, 0.15) is 44.1 Å². The van der Waals surface area contributed by atoms with Gasteiger partial charge in [-0.15, -0.1) is 0 Å². The number of fused-ring (bicyclic) bond motifs is 2. The van der Waals surface area contributed by atoms with Crippen molar-refractivity contribution in [2.75, 3.05) is 6.54 Å². The maximum Gasteiger partial charge on any atom is 0.220 e. The van der Waals surface area contributed by atoms with Gasteiger partial charge in [0.2, 0.25) is 5.91 Å². The summed E-state index contributed by atoms with van der Waals surface area (Å²) in [7, 11) is 1.93. The van der Waals surface area contributed by atoms with E-state index in [0.29, 0.717) is 24.4 Å². The lowest BCUT2D eigenvalue weighted by molar-refractivity contribution is -0.122. The standard InChI is InChI=1S/C16H26N4O/c1-20-11-12(10-18-20)3-2-6-17-16(21)9-13-7-14-4-5-15(8-13)19-14/h10-11,13-15,19H,2-9H2,1H3,(H,17,21). The predicted octanol–water partition coefficient (Wildman–Crippen LogP) is 1.39. The zero-order valence-electron chi connectivity index (χ0n) is 12.8. The van der Waals surface area contributed by atoms with Gasteiger partial charge in [0.15, 0.2) is 0 Å². The fourth-order valence-corrected chi connectivity index (χ4v) is 3.80. The second-order valence-electron chi connectivity index (χ2n) is 6.66. The van der Waals surface area contributed by atoms with Gasteiger partial charge in [-0.25, -0.2) is 0 Å². The molecule has 1 aromatic rings. The number of aryl methyl sites for hydroxylation is 2. The van der Waals surface area contributed by atoms with E-state index >= 15 is 0 Å². The number of aromatic nitrogens is 2. The summed E-state index contributed by atoms with van der Waals surface area (Å²) in [5, 5.41) is 10.8. The highest BCUT2D eigenvalue weighted by atomic mass is 16.1. The highest BCUT2D eigenvalue weighted by Gasteiger charge is 2.33. The number of carbonyl (C=O) groups is 1. The molecule has 2 aliphatic rings. The third-order valence-corrected chi connectivity index (χ3v) is 4.77. The molecule has 5 heteroatoms. The van der Waals surface area contributed by atoms with Crippen molar-refractivity contribution >= 4 is 5.91 Å². The molecule has 116 valence electrons. The Labute approximate surface area is 126 Å². The lowest BCUT2D eigenvalue weighted by atomic mass is 9.89. The molecule has 21 heavy (non-hydrogen) atoms. The summed E-state index contributed by atoms with van der Waals surface area (Å²) in [4.78, 5) is 12.0. The minimum Gasteiger partial charge on any atom is -0.356 e. The second-order valence-corrected chi connectivity index (χ2v) is 6.66. The second kappa shape index (κ2) is 6.60.